The van der Waals surface area contributed by atoms with Gasteiger partial charge in [-0.2, -0.15) is 0 Å². The topological polar surface area (TPSA) is 80.1 Å². The maximum Gasteiger partial charge on any atom is 0.251 e. The molecule has 0 bridgehead atoms. The molecule has 0 unspecified atom stereocenters. The normalized spacial score (nSPS) is 13.1. The van der Waals surface area contributed by atoms with Crippen molar-refractivity contribution in [3.63, 3.8) is 0 Å². The van der Waals surface area contributed by atoms with Gasteiger partial charge in [-0.05, 0) is 78.6 Å². The van der Waals surface area contributed by atoms with Crippen LogP contribution in [0.15, 0.2) is 71.9 Å². The van der Waals surface area contributed by atoms with Crippen LogP contribution in [0.2, 0.25) is 0 Å². The van der Waals surface area contributed by atoms with Crippen molar-refractivity contribution in [3.05, 3.63) is 100 Å². The minimum atomic E-state index is -0.172. The van der Waals surface area contributed by atoms with Crippen molar-refractivity contribution < 1.29 is 9.59 Å². The molecule has 0 aliphatic carbocycles. The summed E-state index contributed by atoms with van der Waals surface area (Å²) in [6, 6.07) is 21.9. The molecule has 1 aromatic heterocycles. The van der Waals surface area contributed by atoms with Gasteiger partial charge < -0.3 is 10.2 Å². The zero-order valence-corrected chi connectivity index (χ0v) is 25.2. The number of rotatable bonds is 7. The quantitative estimate of drug-likeness (QED) is 0.270. The van der Waals surface area contributed by atoms with Crippen LogP contribution in [0, 0.1) is 13.8 Å². The smallest absolute Gasteiger partial charge is 0.251 e. The van der Waals surface area contributed by atoms with Crippen LogP contribution in [0.4, 0.5) is 5.69 Å². The highest BCUT2D eigenvalue weighted by Crippen LogP contribution is 2.30. The van der Waals surface area contributed by atoms with Gasteiger partial charge in [0.05, 0.1) is 18.0 Å². The predicted molar refractivity (Wildman–Crippen MR) is 165 cm³/mol. The number of hydrogen-bond acceptors (Lipinski definition) is 5. The van der Waals surface area contributed by atoms with Crippen molar-refractivity contribution in [2.45, 2.75) is 64.6 Å². The lowest BCUT2D eigenvalue weighted by atomic mass is 9.87. The molecular weight excluding hydrogens is 530 g/mol. The van der Waals surface area contributed by atoms with Gasteiger partial charge in [-0.15, -0.1) is 10.2 Å². The summed E-state index contributed by atoms with van der Waals surface area (Å²) in [7, 11) is 0. The average Bonchev–Trinajstić information content (AvgIpc) is 3.37. The molecule has 1 aliphatic rings. The minimum Gasteiger partial charge on any atom is -0.345 e. The van der Waals surface area contributed by atoms with Gasteiger partial charge in [0.25, 0.3) is 5.91 Å². The predicted octanol–water partition coefficient (Wildman–Crippen LogP) is 6.18. The number of amides is 2. The number of thioether (sulfide) groups is 1. The largest absolute Gasteiger partial charge is 0.345 e. The van der Waals surface area contributed by atoms with E-state index < -0.39 is 0 Å². The lowest BCUT2D eigenvalue weighted by Gasteiger charge is -2.29. The molecule has 0 saturated heterocycles. The minimum absolute atomic E-state index is 0.0178. The molecule has 7 nitrogen and oxygen atoms in total. The second-order valence-corrected chi connectivity index (χ2v) is 12.5. The summed E-state index contributed by atoms with van der Waals surface area (Å²) in [5.74, 6) is 0.723. The summed E-state index contributed by atoms with van der Waals surface area (Å²) in [4.78, 5) is 28.3. The van der Waals surface area contributed by atoms with Crippen LogP contribution in [-0.4, -0.2) is 38.9 Å². The third kappa shape index (κ3) is 6.22. The first-order valence-corrected chi connectivity index (χ1v) is 15.0. The van der Waals surface area contributed by atoms with Crippen LogP contribution in [0.25, 0.3) is 5.69 Å². The first-order chi connectivity index (χ1) is 19.6. The summed E-state index contributed by atoms with van der Waals surface area (Å²) >= 11 is 1.37. The number of carbonyl (C=O) groups excluding carboxylic acids is 2. The SMILES string of the molecule is Cc1cccc(-n2c(CNC(=O)c3ccc(C(C)(C)C)cc3)nnc2SCC(=O)N2CCCc3ccccc32)c1C. The molecule has 2 heterocycles. The van der Waals surface area contributed by atoms with E-state index in [9.17, 15) is 9.59 Å². The molecule has 0 saturated carbocycles. The number of anilines is 1. The lowest BCUT2D eigenvalue weighted by molar-refractivity contribution is -0.116. The Labute approximate surface area is 246 Å². The fraction of sp³-hybridized carbons (Fsp3) is 0.333. The van der Waals surface area contributed by atoms with E-state index in [1.54, 1.807) is 0 Å². The molecule has 0 radical (unpaired) electrons. The first kappa shape index (κ1) is 28.6. The highest BCUT2D eigenvalue weighted by atomic mass is 32.2. The van der Waals surface area contributed by atoms with Gasteiger partial charge in [0.1, 0.15) is 0 Å². The van der Waals surface area contributed by atoms with Crippen molar-refractivity contribution >= 4 is 29.3 Å². The van der Waals surface area contributed by atoms with E-state index in [-0.39, 0.29) is 29.5 Å². The van der Waals surface area contributed by atoms with E-state index in [2.05, 4.69) is 62.3 Å². The van der Waals surface area contributed by atoms with E-state index >= 15 is 0 Å². The van der Waals surface area contributed by atoms with E-state index in [4.69, 9.17) is 0 Å². The Morgan fingerprint density at radius 3 is 2.41 bits per heavy atom. The zero-order valence-electron chi connectivity index (χ0n) is 24.4. The standard InChI is InChI=1S/C33H37N5O2S/c1-22-10-8-14-27(23(22)2)38-29(20-34-31(40)25-15-17-26(18-16-25)33(3,4)5)35-36-32(38)41-21-30(39)37-19-9-12-24-11-6-7-13-28(24)37/h6-8,10-11,13-18H,9,12,19-21H2,1-5H3,(H,34,40). The number of hydrogen-bond donors (Lipinski definition) is 1. The molecule has 0 fully saturated rings. The number of nitrogens with zero attached hydrogens (tertiary/aromatic N) is 4. The molecular formula is C33H37N5O2S. The fourth-order valence-electron chi connectivity index (χ4n) is 5.11. The highest BCUT2D eigenvalue weighted by molar-refractivity contribution is 7.99. The van der Waals surface area contributed by atoms with E-state index in [1.165, 1.54) is 22.9 Å². The van der Waals surface area contributed by atoms with E-state index in [0.717, 1.165) is 35.3 Å². The van der Waals surface area contributed by atoms with Crippen LogP contribution in [0.3, 0.4) is 0 Å². The number of para-hydroxylation sites is 1. The average molecular weight is 568 g/mol. The van der Waals surface area contributed by atoms with Crippen molar-refractivity contribution in [3.8, 4) is 5.69 Å². The van der Waals surface area contributed by atoms with Crippen molar-refractivity contribution in [1.29, 1.82) is 0 Å². The van der Waals surface area contributed by atoms with Crippen LogP contribution in [-0.2, 0) is 23.2 Å². The molecule has 0 atom stereocenters. The molecule has 41 heavy (non-hydrogen) atoms. The van der Waals surface area contributed by atoms with Gasteiger partial charge in [-0.25, -0.2) is 0 Å². The van der Waals surface area contributed by atoms with Crippen molar-refractivity contribution in [2.24, 2.45) is 0 Å². The molecule has 1 N–H and O–H groups in total. The summed E-state index contributed by atoms with van der Waals surface area (Å²) < 4.78 is 1.97. The number of aryl methyl sites for hydroxylation is 2. The summed E-state index contributed by atoms with van der Waals surface area (Å²) in [5.41, 5.74) is 7.17. The summed E-state index contributed by atoms with van der Waals surface area (Å²) in [6.07, 6.45) is 1.94. The van der Waals surface area contributed by atoms with Gasteiger partial charge in [-0.1, -0.05) is 75.0 Å². The van der Waals surface area contributed by atoms with Crippen molar-refractivity contribution in [1.82, 2.24) is 20.1 Å². The van der Waals surface area contributed by atoms with Gasteiger partial charge in [0.2, 0.25) is 5.91 Å². The van der Waals surface area contributed by atoms with Gasteiger partial charge >= 0.3 is 0 Å². The van der Waals surface area contributed by atoms with E-state index in [1.807, 2.05) is 64.1 Å². The van der Waals surface area contributed by atoms with Crippen LogP contribution < -0.4 is 10.2 Å². The summed E-state index contributed by atoms with van der Waals surface area (Å²) in [5, 5.41) is 12.6. The second-order valence-electron chi connectivity index (χ2n) is 11.5. The van der Waals surface area contributed by atoms with Gasteiger partial charge in [0, 0.05) is 17.8 Å². The molecule has 3 aromatic carbocycles. The second kappa shape index (κ2) is 11.9. The number of benzene rings is 3. The molecule has 4 aromatic rings. The Balaban J connectivity index is 1.36. The Hall–Kier alpha value is -3.91. The van der Waals surface area contributed by atoms with Crippen LogP contribution >= 0.6 is 11.8 Å². The number of nitrogens with one attached hydrogen (secondary N) is 1. The van der Waals surface area contributed by atoms with Gasteiger partial charge in [-0.3, -0.25) is 14.2 Å². The Morgan fingerprint density at radius 2 is 1.66 bits per heavy atom. The zero-order chi connectivity index (χ0) is 29.1. The first-order valence-electron chi connectivity index (χ1n) is 14.0. The van der Waals surface area contributed by atoms with Crippen LogP contribution in [0.5, 0.6) is 0 Å². The number of carbonyl (C=O) groups is 2. The summed E-state index contributed by atoms with van der Waals surface area (Å²) in [6.45, 7) is 11.5. The Morgan fingerprint density at radius 1 is 0.927 bits per heavy atom. The molecule has 8 heteroatoms. The number of fused-ring (bicyclic) bond motifs is 1. The van der Waals surface area contributed by atoms with Gasteiger partial charge in [0.15, 0.2) is 11.0 Å². The fourth-order valence-corrected chi connectivity index (χ4v) is 5.95. The van der Waals surface area contributed by atoms with Crippen molar-refractivity contribution in [2.75, 3.05) is 17.2 Å². The Kier molecular flexibility index (Phi) is 8.31. The molecule has 212 valence electrons. The highest BCUT2D eigenvalue weighted by Gasteiger charge is 2.24. The third-order valence-corrected chi connectivity index (χ3v) is 8.59. The Bertz CT molecular complexity index is 1570. The lowest BCUT2D eigenvalue weighted by Crippen LogP contribution is -2.36. The third-order valence-electron chi connectivity index (χ3n) is 7.67. The monoisotopic (exact) mass is 567 g/mol. The molecule has 0 spiro atoms. The van der Waals surface area contributed by atoms with E-state index in [0.29, 0.717) is 23.1 Å². The van der Waals surface area contributed by atoms with Crippen LogP contribution in [0.1, 0.15) is 65.6 Å². The molecule has 2 amide bonds. The maximum atomic E-state index is 13.4. The molecule has 5 rings (SSSR count). The molecule has 1 aliphatic heterocycles. The number of aromatic nitrogens is 3. The maximum absolute atomic E-state index is 13.4.